The van der Waals surface area contributed by atoms with Crippen LogP contribution in [0.25, 0.3) is 11.0 Å². The van der Waals surface area contributed by atoms with Gasteiger partial charge in [0.2, 0.25) is 0 Å². The molecule has 124 valence electrons. The summed E-state index contributed by atoms with van der Waals surface area (Å²) in [6, 6.07) is 12.0. The largest absolute Gasteiger partial charge is 0.484 e. The molecule has 0 fully saturated rings. The number of nitrogens with zero attached hydrogens (tertiary/aromatic N) is 1. The first-order valence-electron chi connectivity index (χ1n) is 7.71. The summed E-state index contributed by atoms with van der Waals surface area (Å²) in [7, 11) is 0. The number of imidazole rings is 1. The number of aromatic nitrogens is 2. The molecule has 0 radical (unpaired) electrons. The Morgan fingerprint density at radius 2 is 2.12 bits per heavy atom. The molecule has 1 aromatic heterocycles. The van der Waals surface area contributed by atoms with Gasteiger partial charge in [0.05, 0.1) is 11.0 Å². The van der Waals surface area contributed by atoms with Crippen LogP contribution in [-0.2, 0) is 11.2 Å². The van der Waals surface area contributed by atoms with Gasteiger partial charge in [-0.1, -0.05) is 12.1 Å². The van der Waals surface area contributed by atoms with E-state index in [9.17, 15) is 9.18 Å². The maximum atomic E-state index is 13.0. The standard InChI is InChI=1S/C18H18FN3O2/c1-12-10-13(19)6-7-16(12)24-11-18(23)20-9-8-17-21-14-4-2-3-5-15(14)22-17/h2-7,10H,8-9,11H2,1H3,(H,20,23)(H,21,22). The van der Waals surface area contributed by atoms with E-state index in [1.807, 2.05) is 24.3 Å². The number of hydrogen-bond donors (Lipinski definition) is 2. The first kappa shape index (κ1) is 16.0. The molecule has 0 unspecified atom stereocenters. The molecule has 24 heavy (non-hydrogen) atoms. The lowest BCUT2D eigenvalue weighted by atomic mass is 10.2. The highest BCUT2D eigenvalue weighted by Crippen LogP contribution is 2.18. The first-order valence-corrected chi connectivity index (χ1v) is 7.71. The first-order chi connectivity index (χ1) is 11.6. The van der Waals surface area contributed by atoms with Crippen LogP contribution in [0, 0.1) is 12.7 Å². The van der Waals surface area contributed by atoms with Crippen molar-refractivity contribution in [3.63, 3.8) is 0 Å². The van der Waals surface area contributed by atoms with Crippen molar-refractivity contribution in [1.82, 2.24) is 15.3 Å². The number of amides is 1. The Morgan fingerprint density at radius 1 is 1.29 bits per heavy atom. The second-order valence-electron chi connectivity index (χ2n) is 5.50. The van der Waals surface area contributed by atoms with E-state index in [4.69, 9.17) is 4.74 Å². The molecule has 1 amide bonds. The average Bonchev–Trinajstić information content (AvgIpc) is 2.96. The molecular formula is C18H18FN3O2. The van der Waals surface area contributed by atoms with Gasteiger partial charge >= 0.3 is 0 Å². The van der Waals surface area contributed by atoms with Crippen molar-refractivity contribution >= 4 is 16.9 Å². The number of benzene rings is 2. The molecule has 0 atom stereocenters. The Labute approximate surface area is 138 Å². The number of rotatable bonds is 6. The summed E-state index contributed by atoms with van der Waals surface area (Å²) >= 11 is 0. The van der Waals surface area contributed by atoms with E-state index < -0.39 is 0 Å². The van der Waals surface area contributed by atoms with Gasteiger partial charge in [-0.2, -0.15) is 0 Å². The van der Waals surface area contributed by atoms with Crippen molar-refractivity contribution in [3.8, 4) is 5.75 Å². The van der Waals surface area contributed by atoms with Crippen LogP contribution in [-0.4, -0.2) is 29.0 Å². The number of hydrogen-bond acceptors (Lipinski definition) is 3. The van der Waals surface area contributed by atoms with E-state index in [0.717, 1.165) is 16.9 Å². The molecule has 0 saturated heterocycles. The Hall–Kier alpha value is -2.89. The van der Waals surface area contributed by atoms with E-state index in [2.05, 4.69) is 15.3 Å². The zero-order valence-corrected chi connectivity index (χ0v) is 13.3. The van der Waals surface area contributed by atoms with Crippen molar-refractivity contribution < 1.29 is 13.9 Å². The summed E-state index contributed by atoms with van der Waals surface area (Å²) in [6.45, 7) is 2.09. The molecule has 3 aromatic rings. The molecule has 6 heteroatoms. The Balaban J connectivity index is 1.45. The lowest BCUT2D eigenvalue weighted by molar-refractivity contribution is -0.123. The predicted molar refractivity (Wildman–Crippen MR) is 89.4 cm³/mol. The van der Waals surface area contributed by atoms with Crippen LogP contribution >= 0.6 is 0 Å². The number of ether oxygens (including phenoxy) is 1. The fourth-order valence-corrected chi connectivity index (χ4v) is 2.41. The van der Waals surface area contributed by atoms with Gasteiger partial charge in [0.15, 0.2) is 6.61 Å². The smallest absolute Gasteiger partial charge is 0.257 e. The number of carbonyl (C=O) groups is 1. The molecule has 0 saturated carbocycles. The van der Waals surface area contributed by atoms with Crippen LogP contribution in [0.1, 0.15) is 11.4 Å². The molecule has 5 nitrogen and oxygen atoms in total. The lowest BCUT2D eigenvalue weighted by Gasteiger charge is -2.09. The normalized spacial score (nSPS) is 10.8. The third kappa shape index (κ3) is 3.90. The molecule has 0 aliphatic heterocycles. The second-order valence-corrected chi connectivity index (χ2v) is 5.50. The summed E-state index contributed by atoms with van der Waals surface area (Å²) < 4.78 is 18.4. The van der Waals surface area contributed by atoms with Crippen LogP contribution in [0.15, 0.2) is 42.5 Å². The summed E-state index contributed by atoms with van der Waals surface area (Å²) in [5.74, 6) is 0.778. The summed E-state index contributed by atoms with van der Waals surface area (Å²) in [4.78, 5) is 19.5. The van der Waals surface area contributed by atoms with Crippen LogP contribution in [0.3, 0.4) is 0 Å². The quantitative estimate of drug-likeness (QED) is 0.731. The molecule has 0 spiro atoms. The minimum atomic E-state index is -0.324. The fraction of sp³-hybridized carbons (Fsp3) is 0.222. The Kier molecular flexibility index (Phi) is 4.74. The monoisotopic (exact) mass is 327 g/mol. The Bertz CT molecular complexity index is 827. The minimum Gasteiger partial charge on any atom is -0.484 e. The minimum absolute atomic E-state index is 0.105. The van der Waals surface area contributed by atoms with Gasteiger partial charge in [-0.3, -0.25) is 4.79 Å². The van der Waals surface area contributed by atoms with Gasteiger partial charge in [0, 0.05) is 13.0 Å². The van der Waals surface area contributed by atoms with Crippen LogP contribution in [0.5, 0.6) is 5.75 Å². The molecule has 3 rings (SSSR count). The Morgan fingerprint density at radius 3 is 2.92 bits per heavy atom. The highest BCUT2D eigenvalue weighted by Gasteiger charge is 2.07. The molecule has 2 N–H and O–H groups in total. The molecular weight excluding hydrogens is 309 g/mol. The fourth-order valence-electron chi connectivity index (χ4n) is 2.41. The number of fused-ring (bicyclic) bond motifs is 1. The number of aryl methyl sites for hydroxylation is 1. The number of aromatic amines is 1. The summed E-state index contributed by atoms with van der Waals surface area (Å²) in [5.41, 5.74) is 2.55. The summed E-state index contributed by atoms with van der Waals surface area (Å²) in [6.07, 6.45) is 0.607. The highest BCUT2D eigenvalue weighted by atomic mass is 19.1. The third-order valence-corrected chi connectivity index (χ3v) is 3.62. The molecule has 2 aromatic carbocycles. The van der Waals surface area contributed by atoms with Crippen LogP contribution in [0.2, 0.25) is 0 Å². The lowest BCUT2D eigenvalue weighted by Crippen LogP contribution is -2.30. The predicted octanol–water partition coefficient (Wildman–Crippen LogP) is 2.75. The van der Waals surface area contributed by atoms with Gasteiger partial charge in [-0.15, -0.1) is 0 Å². The van der Waals surface area contributed by atoms with Gasteiger partial charge in [0.25, 0.3) is 5.91 Å². The molecule has 1 heterocycles. The molecule has 0 bridgehead atoms. The van der Waals surface area contributed by atoms with E-state index in [0.29, 0.717) is 24.3 Å². The van der Waals surface area contributed by atoms with Crippen LogP contribution < -0.4 is 10.1 Å². The maximum Gasteiger partial charge on any atom is 0.257 e. The maximum absolute atomic E-state index is 13.0. The number of H-pyrrole nitrogens is 1. The van der Waals surface area contributed by atoms with Crippen LogP contribution in [0.4, 0.5) is 4.39 Å². The highest BCUT2D eigenvalue weighted by molar-refractivity contribution is 5.77. The SMILES string of the molecule is Cc1cc(F)ccc1OCC(=O)NCCc1nc2ccccc2[nH]1. The van der Waals surface area contributed by atoms with Gasteiger partial charge in [0.1, 0.15) is 17.4 Å². The van der Waals surface area contributed by atoms with Crippen molar-refractivity contribution in [3.05, 3.63) is 59.7 Å². The van der Waals surface area contributed by atoms with Gasteiger partial charge in [-0.25, -0.2) is 9.37 Å². The van der Waals surface area contributed by atoms with E-state index in [1.54, 1.807) is 6.92 Å². The zero-order chi connectivity index (χ0) is 16.9. The van der Waals surface area contributed by atoms with E-state index in [-0.39, 0.29) is 18.3 Å². The summed E-state index contributed by atoms with van der Waals surface area (Å²) in [5, 5.41) is 2.78. The van der Waals surface area contributed by atoms with E-state index in [1.165, 1.54) is 18.2 Å². The van der Waals surface area contributed by atoms with Gasteiger partial charge in [-0.05, 0) is 42.8 Å². The number of halogens is 1. The number of carbonyl (C=O) groups excluding carboxylic acids is 1. The van der Waals surface area contributed by atoms with Crippen molar-refractivity contribution in [1.29, 1.82) is 0 Å². The van der Waals surface area contributed by atoms with Crippen molar-refractivity contribution in [2.24, 2.45) is 0 Å². The zero-order valence-electron chi connectivity index (χ0n) is 13.3. The topological polar surface area (TPSA) is 67.0 Å². The third-order valence-electron chi connectivity index (χ3n) is 3.62. The van der Waals surface area contributed by atoms with Crippen molar-refractivity contribution in [2.75, 3.05) is 13.2 Å². The van der Waals surface area contributed by atoms with E-state index >= 15 is 0 Å². The second kappa shape index (κ2) is 7.12. The number of para-hydroxylation sites is 2. The number of nitrogens with one attached hydrogen (secondary N) is 2. The average molecular weight is 327 g/mol. The van der Waals surface area contributed by atoms with Crippen molar-refractivity contribution in [2.45, 2.75) is 13.3 Å². The van der Waals surface area contributed by atoms with Gasteiger partial charge < -0.3 is 15.0 Å². The molecule has 0 aliphatic rings. The molecule has 0 aliphatic carbocycles.